The maximum atomic E-state index is 13.1. The maximum absolute atomic E-state index is 13.1. The fraction of sp³-hybridized carbons (Fsp3) is 0.741. The highest BCUT2D eigenvalue weighted by Crippen LogP contribution is 2.17. The first-order valence-electron chi connectivity index (χ1n) is 25.2. The number of amides is 1. The monoisotopic (exact) mass is 838 g/mol. The average molecular weight is 838 g/mol. The molecule has 0 fully saturated rings. The number of unbranched alkanes of at least 4 members (excludes halogenated alkanes) is 20. The molecule has 0 aliphatic rings. The van der Waals surface area contributed by atoms with Crippen LogP contribution in [0.25, 0.3) is 0 Å². The van der Waals surface area contributed by atoms with Crippen LogP contribution in [0.4, 0.5) is 0 Å². The van der Waals surface area contributed by atoms with Crippen molar-refractivity contribution in [2.45, 2.75) is 251 Å². The van der Waals surface area contributed by atoms with Gasteiger partial charge in [0, 0.05) is 6.42 Å². The maximum Gasteiger partial charge on any atom is 0.306 e. The van der Waals surface area contributed by atoms with Crippen molar-refractivity contribution in [1.29, 1.82) is 0 Å². The van der Waals surface area contributed by atoms with Crippen molar-refractivity contribution < 1.29 is 24.5 Å². The molecule has 0 saturated carbocycles. The zero-order valence-corrected chi connectivity index (χ0v) is 39.3. The normalized spacial score (nSPS) is 13.9. The van der Waals surface area contributed by atoms with Gasteiger partial charge in [-0.05, 0) is 64.2 Å². The number of hydrogen-bond donors (Lipinski definition) is 3. The largest absolute Gasteiger partial charge is 0.462 e. The van der Waals surface area contributed by atoms with Gasteiger partial charge < -0.3 is 20.3 Å². The second kappa shape index (κ2) is 47.4. The van der Waals surface area contributed by atoms with Crippen molar-refractivity contribution in [3.8, 4) is 0 Å². The van der Waals surface area contributed by atoms with Crippen LogP contribution in [0.1, 0.15) is 233 Å². The Bertz CT molecular complexity index is 1120. The van der Waals surface area contributed by atoms with Crippen LogP contribution >= 0.6 is 0 Å². The molecule has 60 heavy (non-hydrogen) atoms. The molecule has 0 radical (unpaired) electrons. The van der Waals surface area contributed by atoms with Crippen molar-refractivity contribution in [2.75, 3.05) is 6.61 Å². The van der Waals surface area contributed by atoms with Gasteiger partial charge >= 0.3 is 5.97 Å². The molecule has 3 N–H and O–H groups in total. The molecule has 0 aliphatic carbocycles. The van der Waals surface area contributed by atoms with Crippen molar-refractivity contribution in [2.24, 2.45) is 0 Å². The van der Waals surface area contributed by atoms with Gasteiger partial charge in [0.15, 0.2) is 0 Å². The number of esters is 1. The second-order valence-corrected chi connectivity index (χ2v) is 16.8. The third kappa shape index (κ3) is 42.0. The molecule has 1 amide bonds. The van der Waals surface area contributed by atoms with E-state index in [0.29, 0.717) is 19.3 Å². The highest BCUT2D eigenvalue weighted by Gasteiger charge is 2.24. The van der Waals surface area contributed by atoms with Gasteiger partial charge in [0.2, 0.25) is 5.91 Å². The van der Waals surface area contributed by atoms with E-state index in [-0.39, 0.29) is 31.3 Å². The number of aliphatic hydroxyl groups excluding tert-OH is 2. The van der Waals surface area contributed by atoms with Crippen LogP contribution in [0, 0.1) is 0 Å². The molecule has 0 aliphatic heterocycles. The van der Waals surface area contributed by atoms with E-state index in [1.807, 2.05) is 6.08 Å². The number of ether oxygens (including phenoxy) is 1. The van der Waals surface area contributed by atoms with Crippen molar-refractivity contribution in [3.05, 3.63) is 72.9 Å². The highest BCUT2D eigenvalue weighted by atomic mass is 16.5. The lowest BCUT2D eigenvalue weighted by molar-refractivity contribution is -0.150. The van der Waals surface area contributed by atoms with Crippen LogP contribution in [-0.2, 0) is 14.3 Å². The van der Waals surface area contributed by atoms with Gasteiger partial charge in [0.05, 0.1) is 25.2 Å². The Morgan fingerprint density at radius 1 is 0.500 bits per heavy atom. The Balaban J connectivity index is 4.48. The van der Waals surface area contributed by atoms with Gasteiger partial charge in [-0.2, -0.15) is 0 Å². The molecule has 0 aromatic heterocycles. The van der Waals surface area contributed by atoms with Gasteiger partial charge in [0.25, 0.3) is 0 Å². The fourth-order valence-electron chi connectivity index (χ4n) is 7.28. The van der Waals surface area contributed by atoms with E-state index in [9.17, 15) is 19.8 Å². The summed E-state index contributed by atoms with van der Waals surface area (Å²) < 4.78 is 5.85. The van der Waals surface area contributed by atoms with Crippen molar-refractivity contribution in [3.63, 3.8) is 0 Å². The van der Waals surface area contributed by atoms with Gasteiger partial charge in [-0.15, -0.1) is 0 Å². The second-order valence-electron chi connectivity index (χ2n) is 16.8. The highest BCUT2D eigenvalue weighted by molar-refractivity contribution is 5.77. The average Bonchev–Trinajstić information content (AvgIpc) is 3.24. The van der Waals surface area contributed by atoms with Gasteiger partial charge in [-0.25, -0.2) is 0 Å². The molecule has 0 spiro atoms. The zero-order chi connectivity index (χ0) is 43.8. The van der Waals surface area contributed by atoms with Crippen LogP contribution < -0.4 is 5.32 Å². The van der Waals surface area contributed by atoms with Gasteiger partial charge in [-0.1, -0.05) is 229 Å². The topological polar surface area (TPSA) is 95.9 Å². The Labute approximate surface area is 371 Å². The fourth-order valence-corrected chi connectivity index (χ4v) is 7.28. The Kier molecular flexibility index (Phi) is 45.2. The number of hydrogen-bond acceptors (Lipinski definition) is 5. The molecule has 3 atom stereocenters. The third-order valence-electron chi connectivity index (χ3n) is 11.1. The number of allylic oxidation sites excluding steroid dienone is 12. The number of aliphatic hydroxyl groups is 2. The van der Waals surface area contributed by atoms with Crippen molar-refractivity contribution in [1.82, 2.24) is 5.32 Å². The van der Waals surface area contributed by atoms with E-state index in [1.54, 1.807) is 0 Å². The lowest BCUT2D eigenvalue weighted by atomic mass is 10.0. The summed E-state index contributed by atoms with van der Waals surface area (Å²) >= 11 is 0. The van der Waals surface area contributed by atoms with Crippen LogP contribution in [-0.4, -0.2) is 46.9 Å². The molecule has 0 rings (SSSR count). The Morgan fingerprint density at radius 3 is 1.27 bits per heavy atom. The van der Waals surface area contributed by atoms with Crippen LogP contribution in [0.2, 0.25) is 0 Å². The number of nitrogens with one attached hydrogen (secondary N) is 1. The molecule has 6 heteroatoms. The molecule has 0 aromatic rings. The lowest BCUT2D eigenvalue weighted by Gasteiger charge is -2.24. The molecule has 0 aromatic carbocycles. The predicted octanol–water partition coefficient (Wildman–Crippen LogP) is 15.0. The Hall–Kier alpha value is -2.70. The van der Waals surface area contributed by atoms with E-state index >= 15 is 0 Å². The van der Waals surface area contributed by atoms with Crippen molar-refractivity contribution >= 4 is 11.9 Å². The molecule has 3 unspecified atom stereocenters. The third-order valence-corrected chi connectivity index (χ3v) is 11.1. The minimum absolute atomic E-state index is 0.0453. The summed E-state index contributed by atoms with van der Waals surface area (Å²) in [5.41, 5.74) is 0. The summed E-state index contributed by atoms with van der Waals surface area (Å²) in [6.45, 7) is 6.32. The molecular weight excluding hydrogens is 743 g/mol. The minimum Gasteiger partial charge on any atom is -0.462 e. The molecule has 0 bridgehead atoms. The standard InChI is InChI=1S/C54H95NO5/c1-4-7-10-13-16-18-20-22-24-25-26-27-29-31-33-35-38-41-44-47-54(59)60-50(45-42-39-36-15-12-9-6-3)48-53(58)55-51(49-56)52(57)46-43-40-37-34-32-30-28-23-21-19-17-14-11-8-5-2/h7,10,16,18,22,24,26-27,31,33,38,41,50-52,56-57H,4-6,8-9,11-15,17,19-21,23,25,28-30,32,34-37,39-40,42-49H2,1-3H3,(H,55,58)/b10-7-,18-16-,24-22-,27-26-,33-31-,41-38-. The van der Waals surface area contributed by atoms with E-state index in [0.717, 1.165) is 77.0 Å². The Morgan fingerprint density at radius 2 is 0.867 bits per heavy atom. The first-order chi connectivity index (χ1) is 29.5. The first kappa shape index (κ1) is 57.3. The molecular formula is C54H95NO5. The van der Waals surface area contributed by atoms with Gasteiger partial charge in [-0.3, -0.25) is 9.59 Å². The summed E-state index contributed by atoms with van der Waals surface area (Å²) in [4.78, 5) is 25.9. The molecule has 6 nitrogen and oxygen atoms in total. The van der Waals surface area contributed by atoms with E-state index in [4.69, 9.17) is 4.74 Å². The zero-order valence-electron chi connectivity index (χ0n) is 39.3. The smallest absolute Gasteiger partial charge is 0.306 e. The van der Waals surface area contributed by atoms with E-state index in [1.165, 1.54) is 103 Å². The van der Waals surface area contributed by atoms with E-state index in [2.05, 4.69) is 92.9 Å². The summed E-state index contributed by atoms with van der Waals surface area (Å²) in [5.74, 6) is -0.579. The van der Waals surface area contributed by atoms with Crippen LogP contribution in [0.5, 0.6) is 0 Å². The molecule has 346 valence electrons. The van der Waals surface area contributed by atoms with Crippen LogP contribution in [0.3, 0.4) is 0 Å². The van der Waals surface area contributed by atoms with Gasteiger partial charge in [0.1, 0.15) is 6.10 Å². The molecule has 0 saturated heterocycles. The predicted molar refractivity (Wildman–Crippen MR) is 259 cm³/mol. The molecule has 0 heterocycles. The minimum atomic E-state index is -0.800. The number of carbonyl (C=O) groups is 2. The van der Waals surface area contributed by atoms with Crippen LogP contribution in [0.15, 0.2) is 72.9 Å². The number of rotatable bonds is 44. The summed E-state index contributed by atoms with van der Waals surface area (Å²) in [7, 11) is 0. The number of carbonyl (C=O) groups excluding carboxylic acids is 2. The SMILES string of the molecule is CC/C=C\C/C=C\C/C=C\C/C=C\C/C=C\C/C=C\CCC(=O)OC(CCCCCCCCC)CC(=O)NC(CO)C(O)CCCCCCCCCCCCCCCCC. The quantitative estimate of drug-likeness (QED) is 0.0323. The summed E-state index contributed by atoms with van der Waals surface area (Å²) in [6, 6.07) is -0.716. The first-order valence-corrected chi connectivity index (χ1v) is 25.2. The summed E-state index contributed by atoms with van der Waals surface area (Å²) in [5, 5.41) is 23.7. The summed E-state index contributed by atoms with van der Waals surface area (Å²) in [6.07, 6.45) is 59.8. The van der Waals surface area contributed by atoms with E-state index < -0.39 is 18.2 Å². The lowest BCUT2D eigenvalue weighted by Crippen LogP contribution is -2.46.